The van der Waals surface area contributed by atoms with Gasteiger partial charge in [0.05, 0.1) is 12.1 Å². The lowest BCUT2D eigenvalue weighted by atomic mass is 9.88. The third-order valence-corrected chi connectivity index (χ3v) is 6.71. The lowest BCUT2D eigenvalue weighted by molar-refractivity contribution is -0.208. The normalized spacial score (nSPS) is 38.9. The molecule has 2 saturated heterocycles. The van der Waals surface area contributed by atoms with Crippen LogP contribution in [-0.2, 0) is 9.53 Å². The number of hydrogen-bond donors (Lipinski definition) is 4. The number of carbonyl (C=O) groups is 1. The Bertz CT molecular complexity index is 493. The third kappa shape index (κ3) is 5.16. The third-order valence-electron chi connectivity index (χ3n) is 5.85. The molecule has 0 spiro atoms. The molecule has 0 aromatic carbocycles. The number of ether oxygens (including phenoxy) is 1. The van der Waals surface area contributed by atoms with E-state index in [1.807, 2.05) is 20.9 Å². The van der Waals surface area contributed by atoms with Crippen molar-refractivity contribution >= 4 is 17.7 Å². The molecule has 2 aliphatic rings. The largest absolute Gasteiger partial charge is 0.388 e. The Morgan fingerprint density at radius 2 is 1.93 bits per heavy atom. The van der Waals surface area contributed by atoms with E-state index >= 15 is 0 Å². The van der Waals surface area contributed by atoms with E-state index < -0.39 is 35.9 Å². The van der Waals surface area contributed by atoms with Crippen LogP contribution in [0.5, 0.6) is 0 Å². The van der Waals surface area contributed by atoms with Gasteiger partial charge >= 0.3 is 0 Å². The maximum absolute atomic E-state index is 13.0. The van der Waals surface area contributed by atoms with Crippen molar-refractivity contribution in [2.45, 2.75) is 82.0 Å². The van der Waals surface area contributed by atoms with Crippen molar-refractivity contribution in [2.75, 3.05) is 19.8 Å². The molecule has 27 heavy (non-hydrogen) atoms. The van der Waals surface area contributed by atoms with Gasteiger partial charge in [-0.1, -0.05) is 27.2 Å². The van der Waals surface area contributed by atoms with Crippen LogP contribution >= 0.6 is 11.8 Å². The number of likely N-dealkylation sites (N-methyl/N-ethyl adjacent to an activating group) is 1. The highest BCUT2D eigenvalue weighted by Gasteiger charge is 2.48. The fourth-order valence-corrected chi connectivity index (χ4v) is 4.96. The average Bonchev–Trinajstić information content (AvgIpc) is 2.99. The maximum atomic E-state index is 13.0. The van der Waals surface area contributed by atoms with Crippen molar-refractivity contribution in [3.63, 3.8) is 0 Å². The number of carbonyl (C=O) groups excluding carboxylic acids is 1. The van der Waals surface area contributed by atoms with E-state index in [1.54, 1.807) is 6.26 Å². The first-order valence-corrected chi connectivity index (χ1v) is 11.2. The van der Waals surface area contributed by atoms with Gasteiger partial charge in [-0.05, 0) is 38.0 Å². The van der Waals surface area contributed by atoms with Crippen LogP contribution < -0.4 is 5.32 Å². The second-order valence-corrected chi connectivity index (χ2v) is 9.24. The number of nitrogens with one attached hydrogen (secondary N) is 1. The standard InChI is InChI=1S/C19H36N2O5S/c1-6-7-11-8-12(21(4)9-11)18(25)20-13(10(2)3)17-15(23)14(22)16(24)19(26-17)27-5/h10-17,19,22-24H,6-9H2,1-5H3,(H,20,25)/t11-,12+,13?,14?,15?,16?,17?,19?/m1/s1. The molecule has 8 heteroatoms. The van der Waals surface area contributed by atoms with Gasteiger partial charge in [0.15, 0.2) is 0 Å². The van der Waals surface area contributed by atoms with E-state index in [-0.39, 0.29) is 17.9 Å². The highest BCUT2D eigenvalue weighted by atomic mass is 32.2. The molecule has 2 fully saturated rings. The Hall–Kier alpha value is -0.380. The topological polar surface area (TPSA) is 102 Å². The number of aliphatic hydroxyl groups excluding tert-OH is 3. The monoisotopic (exact) mass is 404 g/mol. The van der Waals surface area contributed by atoms with E-state index in [9.17, 15) is 20.1 Å². The summed E-state index contributed by atoms with van der Waals surface area (Å²) in [4.78, 5) is 15.1. The summed E-state index contributed by atoms with van der Waals surface area (Å²) in [7, 11) is 1.97. The average molecular weight is 405 g/mol. The summed E-state index contributed by atoms with van der Waals surface area (Å²) in [6.07, 6.45) is 0.343. The van der Waals surface area contributed by atoms with Crippen LogP contribution in [0, 0.1) is 11.8 Å². The Balaban J connectivity index is 2.09. The van der Waals surface area contributed by atoms with Gasteiger partial charge in [-0.2, -0.15) is 0 Å². The van der Waals surface area contributed by atoms with Crippen molar-refractivity contribution in [1.29, 1.82) is 0 Å². The fraction of sp³-hybridized carbons (Fsp3) is 0.947. The molecule has 0 aromatic rings. The zero-order valence-electron chi connectivity index (χ0n) is 17.0. The molecule has 0 aliphatic carbocycles. The van der Waals surface area contributed by atoms with Gasteiger partial charge in [0.1, 0.15) is 29.9 Å². The first kappa shape index (κ1) is 22.9. The van der Waals surface area contributed by atoms with Crippen LogP contribution in [0.15, 0.2) is 0 Å². The van der Waals surface area contributed by atoms with Crippen molar-refractivity contribution < 1.29 is 24.9 Å². The fourth-order valence-electron chi connectivity index (χ4n) is 4.28. The Morgan fingerprint density at radius 3 is 2.48 bits per heavy atom. The Kier molecular flexibility index (Phi) is 8.39. The summed E-state index contributed by atoms with van der Waals surface area (Å²) in [6, 6.07) is -0.640. The molecule has 0 aromatic heterocycles. The van der Waals surface area contributed by atoms with Crippen LogP contribution in [0.2, 0.25) is 0 Å². The lowest BCUT2D eigenvalue weighted by Crippen LogP contribution is -2.64. The number of rotatable bonds is 7. The molecule has 4 N–H and O–H groups in total. The smallest absolute Gasteiger partial charge is 0.237 e. The minimum atomic E-state index is -1.30. The molecular formula is C19H36N2O5S. The molecule has 158 valence electrons. The quantitative estimate of drug-likeness (QED) is 0.488. The molecule has 0 radical (unpaired) electrons. The highest BCUT2D eigenvalue weighted by molar-refractivity contribution is 7.99. The van der Waals surface area contributed by atoms with Gasteiger partial charge < -0.3 is 25.4 Å². The number of amides is 1. The SMILES string of the molecule is CCC[C@@H]1C[C@@H](C(=O)NC(C(C)C)C2OC(SC)C(O)C(O)C2O)N(C)C1. The second kappa shape index (κ2) is 9.89. The van der Waals surface area contributed by atoms with E-state index in [1.165, 1.54) is 11.8 Å². The van der Waals surface area contributed by atoms with Crippen LogP contribution in [-0.4, -0.2) is 87.9 Å². The lowest BCUT2D eigenvalue weighted by Gasteiger charge is -2.44. The summed E-state index contributed by atoms with van der Waals surface area (Å²) in [5.41, 5.74) is -0.644. The molecule has 0 bridgehead atoms. The zero-order chi connectivity index (χ0) is 20.3. The molecule has 2 heterocycles. The number of likely N-dealkylation sites (tertiary alicyclic amines) is 1. The molecule has 2 rings (SSSR count). The molecule has 1 amide bonds. The number of thioether (sulfide) groups is 1. The maximum Gasteiger partial charge on any atom is 0.237 e. The van der Waals surface area contributed by atoms with E-state index in [0.29, 0.717) is 5.92 Å². The molecular weight excluding hydrogens is 368 g/mol. The van der Waals surface area contributed by atoms with E-state index in [2.05, 4.69) is 17.1 Å². The van der Waals surface area contributed by atoms with Crippen molar-refractivity contribution in [1.82, 2.24) is 10.2 Å². The first-order valence-electron chi connectivity index (χ1n) is 9.94. The Labute approximate surface area is 166 Å². The molecule has 6 unspecified atom stereocenters. The summed E-state index contributed by atoms with van der Waals surface area (Å²) >= 11 is 1.28. The van der Waals surface area contributed by atoms with Crippen LogP contribution in [0.3, 0.4) is 0 Å². The molecule has 8 atom stereocenters. The predicted molar refractivity (Wildman–Crippen MR) is 106 cm³/mol. The summed E-state index contributed by atoms with van der Waals surface area (Å²) in [6.45, 7) is 6.97. The molecule has 0 saturated carbocycles. The molecule has 7 nitrogen and oxygen atoms in total. The van der Waals surface area contributed by atoms with Crippen LogP contribution in [0.4, 0.5) is 0 Å². The molecule has 2 aliphatic heterocycles. The zero-order valence-corrected chi connectivity index (χ0v) is 17.9. The van der Waals surface area contributed by atoms with Gasteiger partial charge in [-0.3, -0.25) is 9.69 Å². The van der Waals surface area contributed by atoms with Gasteiger partial charge in [0.2, 0.25) is 5.91 Å². The summed E-state index contributed by atoms with van der Waals surface area (Å²) < 4.78 is 5.88. The number of aliphatic hydroxyl groups is 3. The Morgan fingerprint density at radius 1 is 1.26 bits per heavy atom. The van der Waals surface area contributed by atoms with Gasteiger partial charge in [0, 0.05) is 6.54 Å². The van der Waals surface area contributed by atoms with Crippen molar-refractivity contribution in [3.8, 4) is 0 Å². The van der Waals surface area contributed by atoms with E-state index in [0.717, 1.165) is 25.8 Å². The van der Waals surface area contributed by atoms with Crippen LogP contribution in [0.1, 0.15) is 40.0 Å². The minimum Gasteiger partial charge on any atom is -0.388 e. The van der Waals surface area contributed by atoms with Gasteiger partial charge in [0.25, 0.3) is 0 Å². The summed E-state index contributed by atoms with van der Waals surface area (Å²) in [5, 5.41) is 33.8. The highest BCUT2D eigenvalue weighted by Crippen LogP contribution is 2.31. The second-order valence-electron chi connectivity index (χ2n) is 8.30. The minimum absolute atomic E-state index is 0.00306. The van der Waals surface area contributed by atoms with Gasteiger partial charge in [-0.25, -0.2) is 0 Å². The van der Waals surface area contributed by atoms with E-state index in [4.69, 9.17) is 4.74 Å². The van der Waals surface area contributed by atoms with Crippen LogP contribution in [0.25, 0.3) is 0 Å². The summed E-state index contributed by atoms with van der Waals surface area (Å²) in [5.74, 6) is 0.464. The number of hydrogen-bond acceptors (Lipinski definition) is 7. The van der Waals surface area contributed by atoms with Gasteiger partial charge in [-0.15, -0.1) is 11.8 Å². The van der Waals surface area contributed by atoms with Crippen molar-refractivity contribution in [2.24, 2.45) is 11.8 Å². The van der Waals surface area contributed by atoms with Crippen molar-refractivity contribution in [3.05, 3.63) is 0 Å². The number of nitrogens with zero attached hydrogens (tertiary/aromatic N) is 1. The first-order chi connectivity index (χ1) is 12.7. The predicted octanol–water partition coefficient (Wildman–Crippen LogP) is 0.418.